The number of methoxy groups -OCH3 is 1. The number of hydrogen-bond donors (Lipinski definition) is 3. The van der Waals surface area contributed by atoms with Gasteiger partial charge in [-0.05, 0) is 35.9 Å². The molecule has 2 aromatic rings. The quantitative estimate of drug-likeness (QED) is 0.544. The van der Waals surface area contributed by atoms with Crippen molar-refractivity contribution in [3.05, 3.63) is 59.4 Å². The van der Waals surface area contributed by atoms with Crippen LogP contribution < -0.4 is 15.5 Å². The first-order valence-corrected chi connectivity index (χ1v) is 7.23. The molecule has 0 fully saturated rings. The van der Waals surface area contributed by atoms with Crippen LogP contribution in [0.5, 0.6) is 11.5 Å². The second-order valence-corrected chi connectivity index (χ2v) is 4.89. The second-order valence-electron chi connectivity index (χ2n) is 4.89. The van der Waals surface area contributed by atoms with Crippen LogP contribution in [0.15, 0.2) is 47.6 Å². The van der Waals surface area contributed by atoms with Gasteiger partial charge in [0.15, 0.2) is 11.5 Å². The molecule has 0 heterocycles. The molecule has 25 heavy (non-hydrogen) atoms. The van der Waals surface area contributed by atoms with Crippen LogP contribution in [0.2, 0.25) is 0 Å². The summed E-state index contributed by atoms with van der Waals surface area (Å²) in [6, 6.07) is 10.00. The number of hydrogen-bond acceptors (Lipinski definition) is 5. The van der Waals surface area contributed by atoms with Crippen molar-refractivity contribution in [2.75, 3.05) is 13.7 Å². The van der Waals surface area contributed by atoms with Crippen molar-refractivity contribution in [2.45, 2.75) is 0 Å². The number of amides is 2. The third kappa shape index (κ3) is 5.03. The zero-order valence-corrected chi connectivity index (χ0v) is 13.3. The van der Waals surface area contributed by atoms with Crippen LogP contribution in [-0.4, -0.2) is 36.8 Å². The first kappa shape index (κ1) is 17.9. The van der Waals surface area contributed by atoms with E-state index in [1.54, 1.807) is 6.07 Å². The van der Waals surface area contributed by atoms with E-state index in [4.69, 9.17) is 4.74 Å². The number of nitrogens with zero attached hydrogens (tertiary/aromatic N) is 1. The SMILES string of the molecule is COc1cc(/C=N\NC(=O)CNC(=O)c2ccccc2F)ccc1O. The Hall–Kier alpha value is -3.42. The van der Waals surface area contributed by atoms with Gasteiger partial charge in [-0.3, -0.25) is 9.59 Å². The Bertz CT molecular complexity index is 808. The first-order chi connectivity index (χ1) is 12.0. The maximum absolute atomic E-state index is 13.4. The monoisotopic (exact) mass is 345 g/mol. The molecule has 0 spiro atoms. The van der Waals surface area contributed by atoms with E-state index >= 15 is 0 Å². The summed E-state index contributed by atoms with van der Waals surface area (Å²) in [5, 5.41) is 15.5. The Kier molecular flexibility index (Phi) is 6.05. The standard InChI is InChI=1S/C17H16FN3O4/c1-25-15-8-11(6-7-14(15)22)9-20-21-16(23)10-19-17(24)12-4-2-3-5-13(12)18/h2-9,22H,10H2,1H3,(H,19,24)(H,21,23)/b20-9-. The summed E-state index contributed by atoms with van der Waals surface area (Å²) >= 11 is 0. The summed E-state index contributed by atoms with van der Waals surface area (Å²) in [6.45, 7) is -0.358. The molecule has 2 aromatic carbocycles. The van der Waals surface area contributed by atoms with Gasteiger partial charge in [-0.1, -0.05) is 12.1 Å². The molecule has 0 saturated carbocycles. The number of phenols is 1. The van der Waals surface area contributed by atoms with E-state index in [0.717, 1.165) is 6.07 Å². The van der Waals surface area contributed by atoms with Crippen molar-refractivity contribution in [1.82, 2.24) is 10.7 Å². The number of benzene rings is 2. The van der Waals surface area contributed by atoms with Gasteiger partial charge in [0.1, 0.15) is 5.82 Å². The van der Waals surface area contributed by atoms with Crippen molar-refractivity contribution in [1.29, 1.82) is 0 Å². The Morgan fingerprint density at radius 3 is 2.76 bits per heavy atom. The zero-order valence-electron chi connectivity index (χ0n) is 13.3. The van der Waals surface area contributed by atoms with Gasteiger partial charge in [-0.2, -0.15) is 5.10 Å². The van der Waals surface area contributed by atoms with Crippen molar-refractivity contribution in [3.63, 3.8) is 0 Å². The highest BCUT2D eigenvalue weighted by molar-refractivity contribution is 5.96. The molecule has 130 valence electrons. The van der Waals surface area contributed by atoms with Gasteiger partial charge < -0.3 is 15.2 Å². The topological polar surface area (TPSA) is 100 Å². The summed E-state index contributed by atoms with van der Waals surface area (Å²) in [5.74, 6) is -1.68. The Labute approximate surface area is 143 Å². The lowest BCUT2D eigenvalue weighted by Gasteiger charge is -2.05. The van der Waals surface area contributed by atoms with Crippen LogP contribution in [-0.2, 0) is 4.79 Å². The van der Waals surface area contributed by atoms with Crippen LogP contribution in [0.1, 0.15) is 15.9 Å². The molecule has 7 nitrogen and oxygen atoms in total. The summed E-state index contributed by atoms with van der Waals surface area (Å²) < 4.78 is 18.4. The molecule has 0 unspecified atom stereocenters. The number of halogens is 1. The van der Waals surface area contributed by atoms with Gasteiger partial charge in [0.05, 0.1) is 25.4 Å². The van der Waals surface area contributed by atoms with Gasteiger partial charge in [0, 0.05) is 0 Å². The lowest BCUT2D eigenvalue weighted by Crippen LogP contribution is -2.35. The normalized spacial score (nSPS) is 10.5. The lowest BCUT2D eigenvalue weighted by atomic mass is 10.2. The third-order valence-electron chi connectivity index (χ3n) is 3.13. The van der Waals surface area contributed by atoms with E-state index in [0.29, 0.717) is 5.56 Å². The number of nitrogens with one attached hydrogen (secondary N) is 2. The van der Waals surface area contributed by atoms with Gasteiger partial charge in [0.2, 0.25) is 0 Å². The predicted molar refractivity (Wildman–Crippen MR) is 89.1 cm³/mol. The Balaban J connectivity index is 1.84. The minimum absolute atomic E-state index is 0.0143. The minimum atomic E-state index is -0.694. The number of phenolic OH excluding ortho intramolecular Hbond substituents is 1. The van der Waals surface area contributed by atoms with Gasteiger partial charge >= 0.3 is 0 Å². The maximum atomic E-state index is 13.4. The van der Waals surface area contributed by atoms with Crippen molar-refractivity contribution >= 4 is 18.0 Å². The summed E-state index contributed by atoms with van der Waals surface area (Å²) in [7, 11) is 1.41. The highest BCUT2D eigenvalue weighted by Gasteiger charge is 2.11. The molecule has 0 radical (unpaired) electrons. The fourth-order valence-corrected chi connectivity index (χ4v) is 1.89. The van der Waals surface area contributed by atoms with Gasteiger partial charge in [-0.15, -0.1) is 0 Å². The van der Waals surface area contributed by atoms with Crippen molar-refractivity contribution < 1.29 is 23.8 Å². The van der Waals surface area contributed by atoms with E-state index in [1.807, 2.05) is 0 Å². The Morgan fingerprint density at radius 2 is 2.04 bits per heavy atom. The van der Waals surface area contributed by atoms with E-state index < -0.39 is 17.6 Å². The molecule has 0 saturated heterocycles. The van der Waals surface area contributed by atoms with Crippen LogP contribution in [0.25, 0.3) is 0 Å². The average molecular weight is 345 g/mol. The van der Waals surface area contributed by atoms with Crippen LogP contribution in [0.4, 0.5) is 4.39 Å². The fraction of sp³-hybridized carbons (Fsp3) is 0.118. The van der Waals surface area contributed by atoms with Crippen molar-refractivity contribution in [2.24, 2.45) is 5.10 Å². The summed E-state index contributed by atoms with van der Waals surface area (Å²) in [4.78, 5) is 23.4. The zero-order chi connectivity index (χ0) is 18.2. The molecule has 3 N–H and O–H groups in total. The van der Waals surface area contributed by atoms with Crippen molar-refractivity contribution in [3.8, 4) is 11.5 Å². The molecular formula is C17H16FN3O4. The van der Waals surface area contributed by atoms with E-state index in [1.165, 1.54) is 43.7 Å². The molecule has 8 heteroatoms. The fourth-order valence-electron chi connectivity index (χ4n) is 1.89. The summed E-state index contributed by atoms with van der Waals surface area (Å²) in [6.07, 6.45) is 1.35. The number of rotatable bonds is 6. The van der Waals surface area contributed by atoms with Gasteiger partial charge in [0.25, 0.3) is 11.8 Å². The molecule has 0 aliphatic rings. The maximum Gasteiger partial charge on any atom is 0.259 e. The second kappa shape index (κ2) is 8.44. The van der Waals surface area contributed by atoms with Crippen LogP contribution >= 0.6 is 0 Å². The Morgan fingerprint density at radius 1 is 1.28 bits per heavy atom. The number of aromatic hydroxyl groups is 1. The molecule has 0 aliphatic heterocycles. The van der Waals surface area contributed by atoms with Crippen LogP contribution in [0.3, 0.4) is 0 Å². The molecule has 2 rings (SSSR count). The largest absolute Gasteiger partial charge is 0.504 e. The van der Waals surface area contributed by atoms with Crippen LogP contribution in [0, 0.1) is 5.82 Å². The summed E-state index contributed by atoms with van der Waals surface area (Å²) in [5.41, 5.74) is 2.67. The molecule has 0 atom stereocenters. The van der Waals surface area contributed by atoms with E-state index in [2.05, 4.69) is 15.8 Å². The molecule has 0 aromatic heterocycles. The first-order valence-electron chi connectivity index (χ1n) is 7.23. The lowest BCUT2D eigenvalue weighted by molar-refractivity contribution is -0.120. The molecule has 2 amide bonds. The number of hydrazone groups is 1. The highest BCUT2D eigenvalue weighted by atomic mass is 19.1. The molecule has 0 aliphatic carbocycles. The number of ether oxygens (including phenoxy) is 1. The molecular weight excluding hydrogens is 329 g/mol. The van der Waals surface area contributed by atoms with Gasteiger partial charge in [-0.25, -0.2) is 9.82 Å². The smallest absolute Gasteiger partial charge is 0.259 e. The average Bonchev–Trinajstić information content (AvgIpc) is 2.61. The highest BCUT2D eigenvalue weighted by Crippen LogP contribution is 2.25. The van der Waals surface area contributed by atoms with E-state index in [-0.39, 0.29) is 23.6 Å². The predicted octanol–water partition coefficient (Wildman–Crippen LogP) is 1.42. The van der Waals surface area contributed by atoms with E-state index in [9.17, 15) is 19.1 Å². The number of carbonyl (C=O) groups excluding carboxylic acids is 2. The molecule has 0 bridgehead atoms. The number of carbonyl (C=O) groups is 2. The third-order valence-corrected chi connectivity index (χ3v) is 3.13. The minimum Gasteiger partial charge on any atom is -0.504 e.